The van der Waals surface area contributed by atoms with Crippen LogP contribution in [0.5, 0.6) is 11.5 Å². The topological polar surface area (TPSA) is 59.0 Å². The van der Waals surface area contributed by atoms with Crippen LogP contribution in [0.3, 0.4) is 0 Å². The number of rotatable bonds is 6. The monoisotopic (exact) mass is 419 g/mol. The molecule has 0 fully saturated rings. The first kappa shape index (κ1) is 20.5. The number of hydrogen-bond donors (Lipinski definition) is 1. The highest BCUT2D eigenvalue weighted by Gasteiger charge is 2.42. The SMILES string of the molecule is COc1ccc(C2=C(O)C(=O)N(Cc3cccc(OC)c3)C2c2ccccc2F)cc1. The van der Waals surface area contributed by atoms with Crippen LogP contribution in [0.15, 0.2) is 78.6 Å². The average molecular weight is 419 g/mol. The van der Waals surface area contributed by atoms with E-state index in [2.05, 4.69) is 0 Å². The molecule has 0 spiro atoms. The van der Waals surface area contributed by atoms with Crippen LogP contribution in [-0.2, 0) is 11.3 Å². The molecule has 6 heteroatoms. The Kier molecular flexibility index (Phi) is 5.62. The number of aliphatic hydroxyl groups is 1. The first-order valence-corrected chi connectivity index (χ1v) is 9.79. The predicted octanol–water partition coefficient (Wildman–Crippen LogP) is 4.90. The van der Waals surface area contributed by atoms with Crippen LogP contribution < -0.4 is 9.47 Å². The minimum atomic E-state index is -0.784. The highest BCUT2D eigenvalue weighted by atomic mass is 19.1. The first-order valence-electron chi connectivity index (χ1n) is 9.79. The van der Waals surface area contributed by atoms with Gasteiger partial charge in [-0.15, -0.1) is 0 Å². The summed E-state index contributed by atoms with van der Waals surface area (Å²) in [5.74, 6) is -0.0946. The summed E-state index contributed by atoms with van der Waals surface area (Å²) < 4.78 is 25.3. The first-order chi connectivity index (χ1) is 15.0. The van der Waals surface area contributed by atoms with Crippen molar-refractivity contribution < 1.29 is 23.8 Å². The van der Waals surface area contributed by atoms with Gasteiger partial charge in [0.15, 0.2) is 5.76 Å². The summed E-state index contributed by atoms with van der Waals surface area (Å²) in [6.07, 6.45) is 0. The number of amides is 1. The molecule has 1 aliphatic rings. The molecule has 0 saturated heterocycles. The van der Waals surface area contributed by atoms with Gasteiger partial charge in [-0.3, -0.25) is 4.79 Å². The summed E-state index contributed by atoms with van der Waals surface area (Å²) in [6, 6.07) is 19.8. The van der Waals surface area contributed by atoms with Crippen molar-refractivity contribution in [2.45, 2.75) is 12.6 Å². The molecule has 5 nitrogen and oxygen atoms in total. The van der Waals surface area contributed by atoms with Gasteiger partial charge in [-0.1, -0.05) is 42.5 Å². The second kappa shape index (κ2) is 8.52. The van der Waals surface area contributed by atoms with Crippen molar-refractivity contribution in [1.29, 1.82) is 0 Å². The van der Waals surface area contributed by atoms with Crippen molar-refractivity contribution in [3.8, 4) is 11.5 Å². The van der Waals surface area contributed by atoms with E-state index in [1.165, 1.54) is 11.0 Å². The lowest BCUT2D eigenvalue weighted by molar-refractivity contribution is -0.130. The van der Waals surface area contributed by atoms with E-state index in [0.29, 0.717) is 28.2 Å². The molecule has 1 aliphatic heterocycles. The van der Waals surface area contributed by atoms with Gasteiger partial charge >= 0.3 is 0 Å². The van der Waals surface area contributed by atoms with E-state index < -0.39 is 17.8 Å². The maximum atomic E-state index is 14.9. The van der Waals surface area contributed by atoms with E-state index >= 15 is 0 Å². The lowest BCUT2D eigenvalue weighted by Gasteiger charge is -2.28. The quantitative estimate of drug-likeness (QED) is 0.618. The smallest absolute Gasteiger partial charge is 0.290 e. The molecular weight excluding hydrogens is 397 g/mol. The fourth-order valence-corrected chi connectivity index (χ4v) is 3.87. The highest BCUT2D eigenvalue weighted by Crippen LogP contribution is 2.44. The van der Waals surface area contributed by atoms with Crippen molar-refractivity contribution in [1.82, 2.24) is 4.90 Å². The summed E-state index contributed by atoms with van der Waals surface area (Å²) >= 11 is 0. The fraction of sp³-hybridized carbons (Fsp3) is 0.160. The number of methoxy groups -OCH3 is 2. The van der Waals surface area contributed by atoms with Crippen molar-refractivity contribution in [2.24, 2.45) is 0 Å². The maximum Gasteiger partial charge on any atom is 0.290 e. The average Bonchev–Trinajstić information content (AvgIpc) is 3.04. The van der Waals surface area contributed by atoms with Gasteiger partial charge in [-0.25, -0.2) is 4.39 Å². The van der Waals surface area contributed by atoms with Crippen LogP contribution in [0.2, 0.25) is 0 Å². The second-order valence-electron chi connectivity index (χ2n) is 7.20. The molecule has 4 rings (SSSR count). The van der Waals surface area contributed by atoms with Gasteiger partial charge in [0.25, 0.3) is 5.91 Å². The largest absolute Gasteiger partial charge is 0.503 e. The Bertz CT molecular complexity index is 1140. The second-order valence-corrected chi connectivity index (χ2v) is 7.20. The van der Waals surface area contributed by atoms with E-state index in [0.717, 1.165) is 5.56 Å². The van der Waals surface area contributed by atoms with Crippen LogP contribution in [0, 0.1) is 5.82 Å². The fourth-order valence-electron chi connectivity index (χ4n) is 3.87. The molecule has 0 saturated carbocycles. The molecule has 1 heterocycles. The van der Waals surface area contributed by atoms with Crippen molar-refractivity contribution >= 4 is 11.5 Å². The van der Waals surface area contributed by atoms with Gasteiger partial charge in [0.2, 0.25) is 0 Å². The third kappa shape index (κ3) is 3.84. The maximum absolute atomic E-state index is 14.9. The predicted molar refractivity (Wildman–Crippen MR) is 115 cm³/mol. The molecule has 3 aromatic carbocycles. The Hall–Kier alpha value is -3.80. The Morgan fingerprint density at radius 1 is 0.935 bits per heavy atom. The van der Waals surface area contributed by atoms with Crippen molar-refractivity contribution in [3.63, 3.8) is 0 Å². The van der Waals surface area contributed by atoms with Gasteiger partial charge < -0.3 is 19.5 Å². The number of aliphatic hydroxyl groups excluding tert-OH is 1. The molecule has 1 amide bonds. The van der Waals surface area contributed by atoms with E-state index in [-0.39, 0.29) is 12.3 Å². The zero-order valence-corrected chi connectivity index (χ0v) is 17.2. The zero-order valence-electron chi connectivity index (χ0n) is 17.2. The number of carbonyl (C=O) groups excluding carboxylic acids is 1. The minimum Gasteiger partial charge on any atom is -0.503 e. The third-order valence-corrected chi connectivity index (χ3v) is 5.39. The molecule has 0 aliphatic carbocycles. The third-order valence-electron chi connectivity index (χ3n) is 5.39. The summed E-state index contributed by atoms with van der Waals surface area (Å²) in [4.78, 5) is 14.6. The van der Waals surface area contributed by atoms with Gasteiger partial charge in [-0.05, 0) is 41.5 Å². The minimum absolute atomic E-state index is 0.179. The summed E-state index contributed by atoms with van der Waals surface area (Å²) in [5, 5.41) is 10.8. The van der Waals surface area contributed by atoms with E-state index in [4.69, 9.17) is 9.47 Å². The van der Waals surface area contributed by atoms with Gasteiger partial charge in [-0.2, -0.15) is 0 Å². The number of carbonyl (C=O) groups is 1. The van der Waals surface area contributed by atoms with Crippen molar-refractivity contribution in [3.05, 3.63) is 101 Å². The molecule has 3 aromatic rings. The molecule has 0 aromatic heterocycles. The van der Waals surface area contributed by atoms with Crippen LogP contribution in [0.1, 0.15) is 22.7 Å². The zero-order chi connectivity index (χ0) is 22.0. The molecule has 0 radical (unpaired) electrons. The molecule has 31 heavy (non-hydrogen) atoms. The molecule has 0 bridgehead atoms. The summed E-state index contributed by atoms with van der Waals surface area (Å²) in [7, 11) is 3.13. The van der Waals surface area contributed by atoms with E-state index in [1.807, 2.05) is 24.3 Å². The lowest BCUT2D eigenvalue weighted by Crippen LogP contribution is -2.30. The molecular formula is C25H22FNO4. The number of halogens is 1. The summed E-state index contributed by atoms with van der Waals surface area (Å²) in [5.41, 5.74) is 2.10. The summed E-state index contributed by atoms with van der Waals surface area (Å²) in [6.45, 7) is 0.179. The Morgan fingerprint density at radius 3 is 2.32 bits per heavy atom. The molecule has 1 atom stereocenters. The Morgan fingerprint density at radius 2 is 1.65 bits per heavy atom. The van der Waals surface area contributed by atoms with Gasteiger partial charge in [0.05, 0.1) is 20.3 Å². The Labute approximate surface area is 180 Å². The lowest BCUT2D eigenvalue weighted by atomic mass is 9.93. The van der Waals surface area contributed by atoms with Crippen molar-refractivity contribution in [2.75, 3.05) is 14.2 Å². The van der Waals surface area contributed by atoms with Crippen LogP contribution in [0.4, 0.5) is 4.39 Å². The number of hydrogen-bond acceptors (Lipinski definition) is 4. The Balaban J connectivity index is 1.81. The standard InChI is InChI=1S/C25H22FNO4/c1-30-18-12-10-17(11-13-18)22-23(20-8-3-4-9-21(20)26)27(25(29)24(22)28)15-16-6-5-7-19(14-16)31-2/h3-14,23,28H,15H2,1-2H3. The molecule has 1 N–H and O–H groups in total. The van der Waals surface area contributed by atoms with Crippen LogP contribution in [-0.4, -0.2) is 30.1 Å². The number of ether oxygens (including phenoxy) is 2. The van der Waals surface area contributed by atoms with Crippen LogP contribution in [0.25, 0.3) is 5.57 Å². The highest BCUT2D eigenvalue weighted by molar-refractivity contribution is 6.05. The van der Waals surface area contributed by atoms with Crippen LogP contribution >= 0.6 is 0 Å². The van der Waals surface area contributed by atoms with Gasteiger partial charge in [0.1, 0.15) is 17.3 Å². The van der Waals surface area contributed by atoms with E-state index in [9.17, 15) is 14.3 Å². The normalized spacial score (nSPS) is 16.0. The number of benzene rings is 3. The van der Waals surface area contributed by atoms with Gasteiger partial charge in [0, 0.05) is 17.7 Å². The number of nitrogens with zero attached hydrogens (tertiary/aromatic N) is 1. The molecule has 158 valence electrons. The van der Waals surface area contributed by atoms with E-state index in [1.54, 1.807) is 56.7 Å². The molecule has 1 unspecified atom stereocenters.